The van der Waals surface area contributed by atoms with Crippen molar-refractivity contribution in [2.45, 2.75) is 12.5 Å². The monoisotopic (exact) mass is 223 g/mol. The molecule has 3 N–H and O–H groups in total. The molecular formula is C6H13N3O4S. The predicted octanol–water partition coefficient (Wildman–Crippen LogP) is -1.21. The Hall–Kier alpha value is -0.860. The van der Waals surface area contributed by atoms with Crippen molar-refractivity contribution in [2.75, 3.05) is 20.1 Å². The van der Waals surface area contributed by atoms with Gasteiger partial charge in [0.1, 0.15) is 0 Å². The lowest BCUT2D eigenvalue weighted by atomic mass is 10.3. The molecule has 0 bridgehead atoms. The Morgan fingerprint density at radius 3 is 2.64 bits per heavy atom. The topological polar surface area (TPSA) is 98.7 Å². The highest BCUT2D eigenvalue weighted by Gasteiger charge is 2.28. The molecule has 7 nitrogen and oxygen atoms in total. The molecule has 1 atom stereocenters. The molecule has 0 aromatic carbocycles. The number of hydrogen-bond donors (Lipinski definition) is 3. The maximum Gasteiger partial charge on any atom is 0.407 e. The molecule has 1 heterocycles. The SMILES string of the molecule is CNS(=O)(=O)N[C@@H]1CCN(C(=O)O)C1. The van der Waals surface area contributed by atoms with Gasteiger partial charge in [-0.05, 0) is 6.42 Å². The summed E-state index contributed by atoms with van der Waals surface area (Å²) < 4.78 is 26.5. The van der Waals surface area contributed by atoms with Gasteiger partial charge < -0.3 is 10.0 Å². The summed E-state index contributed by atoms with van der Waals surface area (Å²) in [5.74, 6) is 0. The molecule has 0 unspecified atom stereocenters. The van der Waals surface area contributed by atoms with Crippen molar-refractivity contribution in [1.82, 2.24) is 14.3 Å². The zero-order valence-electron chi connectivity index (χ0n) is 7.73. The second-order valence-electron chi connectivity index (χ2n) is 3.04. The summed E-state index contributed by atoms with van der Waals surface area (Å²) in [5.41, 5.74) is 0. The molecule has 14 heavy (non-hydrogen) atoms. The molecule has 1 saturated heterocycles. The van der Waals surface area contributed by atoms with Gasteiger partial charge in [-0.3, -0.25) is 0 Å². The average molecular weight is 223 g/mol. The molecule has 1 fully saturated rings. The Morgan fingerprint density at radius 1 is 1.57 bits per heavy atom. The van der Waals surface area contributed by atoms with Crippen LogP contribution in [0.3, 0.4) is 0 Å². The van der Waals surface area contributed by atoms with Crippen molar-refractivity contribution in [3.8, 4) is 0 Å². The Kier molecular flexibility index (Phi) is 3.29. The van der Waals surface area contributed by atoms with Crippen LogP contribution in [0.4, 0.5) is 4.79 Å². The second kappa shape index (κ2) is 4.11. The molecule has 0 aromatic rings. The first kappa shape index (κ1) is 11.2. The van der Waals surface area contributed by atoms with Gasteiger partial charge in [0, 0.05) is 26.2 Å². The van der Waals surface area contributed by atoms with Gasteiger partial charge in [0.2, 0.25) is 0 Å². The fourth-order valence-electron chi connectivity index (χ4n) is 1.31. The summed E-state index contributed by atoms with van der Waals surface area (Å²) in [6, 6.07) is -0.330. The van der Waals surface area contributed by atoms with Crippen LogP contribution in [-0.2, 0) is 10.2 Å². The van der Waals surface area contributed by atoms with Gasteiger partial charge in [-0.1, -0.05) is 0 Å². The van der Waals surface area contributed by atoms with Gasteiger partial charge in [-0.15, -0.1) is 0 Å². The number of nitrogens with one attached hydrogen (secondary N) is 2. The van der Waals surface area contributed by atoms with Crippen molar-refractivity contribution in [2.24, 2.45) is 0 Å². The maximum absolute atomic E-state index is 11.0. The van der Waals surface area contributed by atoms with Crippen LogP contribution >= 0.6 is 0 Å². The van der Waals surface area contributed by atoms with Crippen molar-refractivity contribution >= 4 is 16.3 Å². The number of amides is 1. The van der Waals surface area contributed by atoms with Crippen LogP contribution in [0.15, 0.2) is 0 Å². The number of likely N-dealkylation sites (tertiary alicyclic amines) is 1. The molecule has 1 rings (SSSR count). The summed E-state index contributed by atoms with van der Waals surface area (Å²) in [6.45, 7) is 0.572. The van der Waals surface area contributed by atoms with Crippen molar-refractivity contribution in [3.63, 3.8) is 0 Å². The minimum Gasteiger partial charge on any atom is -0.465 e. The van der Waals surface area contributed by atoms with E-state index in [1.807, 2.05) is 0 Å². The van der Waals surface area contributed by atoms with Gasteiger partial charge in [-0.25, -0.2) is 9.52 Å². The smallest absolute Gasteiger partial charge is 0.407 e. The molecule has 0 aliphatic carbocycles. The van der Waals surface area contributed by atoms with Crippen LogP contribution < -0.4 is 9.44 Å². The minimum atomic E-state index is -3.47. The van der Waals surface area contributed by atoms with Crippen molar-refractivity contribution < 1.29 is 18.3 Å². The van der Waals surface area contributed by atoms with E-state index in [0.29, 0.717) is 13.0 Å². The third-order valence-corrected chi connectivity index (χ3v) is 3.23. The number of nitrogens with zero attached hydrogens (tertiary/aromatic N) is 1. The van der Waals surface area contributed by atoms with Crippen LogP contribution in [-0.4, -0.2) is 50.7 Å². The van der Waals surface area contributed by atoms with Crippen molar-refractivity contribution in [1.29, 1.82) is 0 Å². The molecular weight excluding hydrogens is 210 g/mol. The summed E-state index contributed by atoms with van der Waals surface area (Å²) >= 11 is 0. The predicted molar refractivity (Wildman–Crippen MR) is 49.1 cm³/mol. The van der Waals surface area contributed by atoms with E-state index in [0.717, 1.165) is 0 Å². The van der Waals surface area contributed by atoms with E-state index in [1.165, 1.54) is 11.9 Å². The number of rotatable bonds is 3. The van der Waals surface area contributed by atoms with E-state index in [-0.39, 0.29) is 12.6 Å². The van der Waals surface area contributed by atoms with Crippen LogP contribution in [0, 0.1) is 0 Å². The summed E-state index contributed by atoms with van der Waals surface area (Å²) in [5, 5.41) is 8.62. The summed E-state index contributed by atoms with van der Waals surface area (Å²) in [7, 11) is -2.17. The molecule has 0 spiro atoms. The molecule has 0 saturated carbocycles. The lowest BCUT2D eigenvalue weighted by Gasteiger charge is -2.13. The highest BCUT2D eigenvalue weighted by atomic mass is 32.2. The third-order valence-electron chi connectivity index (χ3n) is 2.05. The lowest BCUT2D eigenvalue weighted by molar-refractivity contribution is 0.155. The third kappa shape index (κ3) is 2.82. The van der Waals surface area contributed by atoms with E-state index in [2.05, 4.69) is 9.44 Å². The first-order valence-corrected chi connectivity index (χ1v) is 5.61. The van der Waals surface area contributed by atoms with E-state index in [9.17, 15) is 13.2 Å². The summed E-state index contributed by atoms with van der Waals surface area (Å²) in [4.78, 5) is 11.7. The maximum atomic E-state index is 11.0. The van der Waals surface area contributed by atoms with E-state index in [1.54, 1.807) is 0 Å². The molecule has 1 aliphatic rings. The Morgan fingerprint density at radius 2 is 2.21 bits per heavy atom. The van der Waals surface area contributed by atoms with Gasteiger partial charge in [0.15, 0.2) is 0 Å². The molecule has 0 aromatic heterocycles. The number of carbonyl (C=O) groups is 1. The first-order valence-electron chi connectivity index (χ1n) is 4.13. The van der Waals surface area contributed by atoms with Gasteiger partial charge in [0.05, 0.1) is 0 Å². The highest BCUT2D eigenvalue weighted by Crippen LogP contribution is 2.09. The quantitative estimate of drug-likeness (QED) is 0.559. The molecule has 8 heteroatoms. The molecule has 1 aliphatic heterocycles. The van der Waals surface area contributed by atoms with Crippen LogP contribution in [0.5, 0.6) is 0 Å². The molecule has 0 radical (unpaired) electrons. The largest absolute Gasteiger partial charge is 0.465 e. The fraction of sp³-hybridized carbons (Fsp3) is 0.833. The average Bonchev–Trinajstić information content (AvgIpc) is 2.52. The van der Waals surface area contributed by atoms with E-state index >= 15 is 0 Å². The molecule has 82 valence electrons. The lowest BCUT2D eigenvalue weighted by Crippen LogP contribution is -2.42. The van der Waals surface area contributed by atoms with Crippen LogP contribution in [0.1, 0.15) is 6.42 Å². The number of carboxylic acid groups (broad SMARTS) is 1. The van der Waals surface area contributed by atoms with Gasteiger partial charge in [0.25, 0.3) is 10.2 Å². The Labute approximate surface area is 82.3 Å². The fourth-order valence-corrected chi connectivity index (χ4v) is 2.06. The van der Waals surface area contributed by atoms with E-state index < -0.39 is 16.3 Å². The minimum absolute atomic E-state index is 0.205. The zero-order valence-corrected chi connectivity index (χ0v) is 8.54. The van der Waals surface area contributed by atoms with E-state index in [4.69, 9.17) is 5.11 Å². The van der Waals surface area contributed by atoms with Crippen LogP contribution in [0.2, 0.25) is 0 Å². The van der Waals surface area contributed by atoms with Gasteiger partial charge >= 0.3 is 6.09 Å². The standard InChI is InChI=1S/C6H13N3O4S/c1-7-14(12,13)8-5-2-3-9(4-5)6(10)11/h5,7-8H,2-4H2,1H3,(H,10,11)/t5-/m1/s1. The first-order chi connectivity index (χ1) is 6.44. The summed E-state index contributed by atoms with van der Waals surface area (Å²) in [6.07, 6.45) is -0.510. The van der Waals surface area contributed by atoms with Crippen LogP contribution in [0.25, 0.3) is 0 Å². The Bertz CT molecular complexity index is 315. The second-order valence-corrected chi connectivity index (χ2v) is 4.69. The van der Waals surface area contributed by atoms with Gasteiger partial charge in [-0.2, -0.15) is 13.1 Å². The molecule has 1 amide bonds. The number of hydrogen-bond acceptors (Lipinski definition) is 3. The highest BCUT2D eigenvalue weighted by molar-refractivity contribution is 7.87. The Balaban J connectivity index is 2.48. The van der Waals surface area contributed by atoms with Crippen molar-refractivity contribution in [3.05, 3.63) is 0 Å². The zero-order chi connectivity index (χ0) is 10.8. The normalized spacial score (nSPS) is 22.6.